The maximum atomic E-state index is 2.50. The summed E-state index contributed by atoms with van der Waals surface area (Å²) >= 11 is 0. The van der Waals surface area contributed by atoms with Crippen molar-refractivity contribution in [2.45, 2.75) is 71.6 Å². The third-order valence-electron chi connectivity index (χ3n) is 4.99. The summed E-state index contributed by atoms with van der Waals surface area (Å²) in [6.45, 7) is 4.96. The van der Waals surface area contributed by atoms with E-state index in [0.29, 0.717) is 0 Å². The molecule has 0 aromatic rings. The lowest BCUT2D eigenvalue weighted by Crippen LogP contribution is -2.24. The molecular weight excluding hydrogens is 180 g/mol. The monoisotopic (exact) mass is 208 g/mol. The molecule has 3 unspecified atom stereocenters. The van der Waals surface area contributed by atoms with Crippen LogP contribution in [0.4, 0.5) is 0 Å². The molecule has 2 saturated carbocycles. The van der Waals surface area contributed by atoms with E-state index in [-0.39, 0.29) is 0 Å². The first-order valence-corrected chi connectivity index (χ1v) is 7.25. The fraction of sp³-hybridized carbons (Fsp3) is 1.00. The molecule has 0 N–H and O–H groups in total. The number of rotatable bonds is 2. The highest BCUT2D eigenvalue weighted by atomic mass is 14.3. The zero-order chi connectivity index (χ0) is 10.7. The molecule has 0 heteroatoms. The SMILES string of the molecule is CC1CCC(C)C(CC2CCCCC2)C1. The van der Waals surface area contributed by atoms with E-state index < -0.39 is 0 Å². The summed E-state index contributed by atoms with van der Waals surface area (Å²) in [4.78, 5) is 0. The van der Waals surface area contributed by atoms with Crippen LogP contribution in [0, 0.1) is 23.7 Å². The topological polar surface area (TPSA) is 0 Å². The zero-order valence-electron chi connectivity index (χ0n) is 10.7. The molecule has 3 atom stereocenters. The van der Waals surface area contributed by atoms with Crippen LogP contribution in [0.15, 0.2) is 0 Å². The van der Waals surface area contributed by atoms with Crippen molar-refractivity contribution in [2.24, 2.45) is 23.7 Å². The molecule has 15 heavy (non-hydrogen) atoms. The van der Waals surface area contributed by atoms with E-state index in [9.17, 15) is 0 Å². The second-order valence-electron chi connectivity index (χ2n) is 6.40. The Kier molecular flexibility index (Phi) is 4.11. The molecule has 0 nitrogen and oxygen atoms in total. The van der Waals surface area contributed by atoms with Crippen molar-refractivity contribution in [3.8, 4) is 0 Å². The van der Waals surface area contributed by atoms with Gasteiger partial charge in [0.05, 0.1) is 0 Å². The summed E-state index contributed by atoms with van der Waals surface area (Å²) in [7, 11) is 0. The third kappa shape index (κ3) is 3.23. The average Bonchev–Trinajstić information content (AvgIpc) is 2.25. The molecule has 2 aliphatic carbocycles. The second-order valence-corrected chi connectivity index (χ2v) is 6.40. The molecule has 2 fully saturated rings. The van der Waals surface area contributed by atoms with Gasteiger partial charge in [-0.25, -0.2) is 0 Å². The molecule has 0 saturated heterocycles. The maximum absolute atomic E-state index is 2.50. The number of hydrogen-bond acceptors (Lipinski definition) is 0. The molecule has 0 amide bonds. The predicted molar refractivity (Wildman–Crippen MR) is 66.9 cm³/mol. The van der Waals surface area contributed by atoms with Gasteiger partial charge in [0.1, 0.15) is 0 Å². The molecule has 0 aromatic carbocycles. The van der Waals surface area contributed by atoms with Gasteiger partial charge in [0.15, 0.2) is 0 Å². The maximum Gasteiger partial charge on any atom is -0.0383 e. The highest BCUT2D eigenvalue weighted by Crippen LogP contribution is 2.40. The minimum atomic E-state index is 1.01. The van der Waals surface area contributed by atoms with Crippen LogP contribution in [0.5, 0.6) is 0 Å². The van der Waals surface area contributed by atoms with E-state index in [4.69, 9.17) is 0 Å². The summed E-state index contributed by atoms with van der Waals surface area (Å²) in [6.07, 6.45) is 13.7. The summed E-state index contributed by atoms with van der Waals surface area (Å²) in [5.74, 6) is 4.19. The fourth-order valence-electron chi connectivity index (χ4n) is 3.83. The number of hydrogen-bond donors (Lipinski definition) is 0. The van der Waals surface area contributed by atoms with Gasteiger partial charge in [-0.2, -0.15) is 0 Å². The minimum absolute atomic E-state index is 1.01. The Morgan fingerprint density at radius 3 is 2.33 bits per heavy atom. The lowest BCUT2D eigenvalue weighted by Gasteiger charge is -2.36. The van der Waals surface area contributed by atoms with Gasteiger partial charge in [-0.3, -0.25) is 0 Å². The first kappa shape index (κ1) is 11.5. The summed E-state index contributed by atoms with van der Waals surface area (Å²) in [5, 5.41) is 0. The van der Waals surface area contributed by atoms with E-state index in [1.807, 2.05) is 0 Å². The smallest absolute Gasteiger partial charge is 0.0383 e. The predicted octanol–water partition coefficient (Wildman–Crippen LogP) is 5.03. The van der Waals surface area contributed by atoms with E-state index in [0.717, 1.165) is 23.7 Å². The Hall–Kier alpha value is 0. The lowest BCUT2D eigenvalue weighted by atomic mass is 9.70. The molecule has 0 heterocycles. The van der Waals surface area contributed by atoms with Crippen LogP contribution in [0.2, 0.25) is 0 Å². The van der Waals surface area contributed by atoms with Crippen LogP contribution in [-0.4, -0.2) is 0 Å². The van der Waals surface area contributed by atoms with Gasteiger partial charge >= 0.3 is 0 Å². The van der Waals surface area contributed by atoms with Crippen molar-refractivity contribution in [2.75, 3.05) is 0 Å². The quantitative estimate of drug-likeness (QED) is 0.597. The van der Waals surface area contributed by atoms with E-state index in [1.165, 1.54) is 51.4 Å². The van der Waals surface area contributed by atoms with Crippen LogP contribution >= 0.6 is 0 Å². The molecule has 2 aliphatic rings. The Bertz CT molecular complexity index is 178. The second kappa shape index (κ2) is 5.37. The van der Waals surface area contributed by atoms with Crippen LogP contribution in [0.3, 0.4) is 0 Å². The molecule has 88 valence electrons. The average molecular weight is 208 g/mol. The van der Waals surface area contributed by atoms with E-state index in [1.54, 1.807) is 6.42 Å². The van der Waals surface area contributed by atoms with Gasteiger partial charge in [-0.05, 0) is 36.5 Å². The van der Waals surface area contributed by atoms with E-state index in [2.05, 4.69) is 13.8 Å². The molecule has 0 bridgehead atoms. The van der Waals surface area contributed by atoms with Crippen LogP contribution in [-0.2, 0) is 0 Å². The molecule has 0 aliphatic heterocycles. The van der Waals surface area contributed by atoms with Crippen LogP contribution < -0.4 is 0 Å². The Balaban J connectivity index is 1.80. The van der Waals surface area contributed by atoms with Crippen molar-refractivity contribution in [3.05, 3.63) is 0 Å². The highest BCUT2D eigenvalue weighted by Gasteiger charge is 2.28. The summed E-state index contributed by atoms with van der Waals surface area (Å²) in [6, 6.07) is 0. The third-order valence-corrected chi connectivity index (χ3v) is 4.99. The molecule has 0 radical (unpaired) electrons. The summed E-state index contributed by atoms with van der Waals surface area (Å²) in [5.41, 5.74) is 0. The van der Waals surface area contributed by atoms with Gasteiger partial charge in [0, 0.05) is 0 Å². The van der Waals surface area contributed by atoms with Crippen molar-refractivity contribution in [1.82, 2.24) is 0 Å². The van der Waals surface area contributed by atoms with Crippen molar-refractivity contribution >= 4 is 0 Å². The molecular formula is C15H28. The van der Waals surface area contributed by atoms with Gasteiger partial charge in [0.25, 0.3) is 0 Å². The van der Waals surface area contributed by atoms with Gasteiger partial charge in [-0.15, -0.1) is 0 Å². The Morgan fingerprint density at radius 2 is 1.60 bits per heavy atom. The first-order chi connectivity index (χ1) is 7.25. The molecule has 2 rings (SSSR count). The van der Waals surface area contributed by atoms with Crippen molar-refractivity contribution in [1.29, 1.82) is 0 Å². The van der Waals surface area contributed by atoms with Gasteiger partial charge in [-0.1, -0.05) is 58.8 Å². The highest BCUT2D eigenvalue weighted by molar-refractivity contribution is 4.79. The first-order valence-electron chi connectivity index (χ1n) is 7.25. The van der Waals surface area contributed by atoms with Crippen LogP contribution in [0.1, 0.15) is 71.6 Å². The van der Waals surface area contributed by atoms with Crippen molar-refractivity contribution in [3.63, 3.8) is 0 Å². The Morgan fingerprint density at radius 1 is 0.867 bits per heavy atom. The largest absolute Gasteiger partial charge is 0.0625 e. The van der Waals surface area contributed by atoms with Crippen molar-refractivity contribution < 1.29 is 0 Å². The standard InChI is InChI=1S/C15H28/c1-12-8-9-13(2)15(10-12)11-14-6-4-3-5-7-14/h12-15H,3-11H2,1-2H3. The van der Waals surface area contributed by atoms with Crippen LogP contribution in [0.25, 0.3) is 0 Å². The van der Waals surface area contributed by atoms with Gasteiger partial charge < -0.3 is 0 Å². The zero-order valence-corrected chi connectivity index (χ0v) is 10.7. The van der Waals surface area contributed by atoms with Gasteiger partial charge in [0.2, 0.25) is 0 Å². The molecule has 0 spiro atoms. The lowest BCUT2D eigenvalue weighted by molar-refractivity contribution is 0.156. The summed E-state index contributed by atoms with van der Waals surface area (Å²) < 4.78 is 0. The normalized spacial score (nSPS) is 39.2. The Labute approximate surface area is 95.8 Å². The molecule has 0 aromatic heterocycles. The fourth-order valence-corrected chi connectivity index (χ4v) is 3.83. The van der Waals surface area contributed by atoms with E-state index >= 15 is 0 Å². The minimum Gasteiger partial charge on any atom is -0.0625 e.